The van der Waals surface area contributed by atoms with Gasteiger partial charge in [0.05, 0.1) is 0 Å². The van der Waals surface area contributed by atoms with Crippen LogP contribution in [-0.4, -0.2) is 11.9 Å². The molecule has 0 spiro atoms. The fourth-order valence-electron chi connectivity index (χ4n) is 1.37. The van der Waals surface area contributed by atoms with E-state index in [-0.39, 0.29) is 11.9 Å². The molecule has 1 unspecified atom stereocenters. The average molecular weight is 264 g/mol. The van der Waals surface area contributed by atoms with E-state index in [0.29, 0.717) is 28.9 Å². The van der Waals surface area contributed by atoms with Crippen LogP contribution >= 0.6 is 23.2 Å². The summed E-state index contributed by atoms with van der Waals surface area (Å²) in [6, 6.07) is 4.89. The van der Waals surface area contributed by atoms with Crippen molar-refractivity contribution in [2.75, 3.05) is 5.88 Å². The minimum atomic E-state index is -0.280. The molecule has 0 heterocycles. The molecule has 0 saturated heterocycles. The number of rotatable bonds is 5. The molecule has 0 amide bonds. The highest BCUT2D eigenvalue weighted by atomic mass is 35.5. The van der Waals surface area contributed by atoms with E-state index in [4.69, 9.17) is 23.2 Å². The highest BCUT2D eigenvalue weighted by Gasteiger charge is 2.12. The quantitative estimate of drug-likeness (QED) is 0.797. The zero-order valence-electron chi connectivity index (χ0n) is 9.43. The van der Waals surface area contributed by atoms with Crippen molar-refractivity contribution in [2.24, 2.45) is 5.92 Å². The van der Waals surface area contributed by atoms with Crippen LogP contribution in [0.4, 0.5) is 4.39 Å². The van der Waals surface area contributed by atoms with E-state index in [1.807, 2.05) is 0 Å². The highest BCUT2D eigenvalue weighted by Crippen LogP contribution is 2.15. The third kappa shape index (κ3) is 3.93. The summed E-state index contributed by atoms with van der Waals surface area (Å²) in [7, 11) is 0. The van der Waals surface area contributed by atoms with Gasteiger partial charge in [0.15, 0.2) is 0 Å². The summed E-state index contributed by atoms with van der Waals surface area (Å²) in [6.07, 6.45) is 0. The molecule has 1 aromatic rings. The topological polar surface area (TPSA) is 12.0 Å². The Balaban J connectivity index is 2.60. The van der Waals surface area contributed by atoms with Crippen LogP contribution in [0.25, 0.3) is 0 Å². The maximum absolute atomic E-state index is 13.4. The van der Waals surface area contributed by atoms with Gasteiger partial charge in [0.2, 0.25) is 0 Å². The summed E-state index contributed by atoms with van der Waals surface area (Å²) < 4.78 is 13.4. The standard InChI is InChI=1S/C12H16Cl2FN/c1-8(2)12(6-13)16-7-9-3-4-10(14)5-11(9)15/h3-5,8,12,16H,6-7H2,1-2H3. The molecule has 0 aliphatic carbocycles. The first-order valence-corrected chi connectivity index (χ1v) is 6.19. The SMILES string of the molecule is CC(C)C(CCl)NCc1ccc(Cl)cc1F. The molecule has 0 radical (unpaired) electrons. The molecule has 90 valence electrons. The van der Waals surface area contributed by atoms with Gasteiger partial charge >= 0.3 is 0 Å². The zero-order chi connectivity index (χ0) is 12.1. The Morgan fingerprint density at radius 2 is 2.06 bits per heavy atom. The van der Waals surface area contributed by atoms with E-state index in [1.165, 1.54) is 6.07 Å². The van der Waals surface area contributed by atoms with Gasteiger partial charge in [-0.05, 0) is 18.1 Å². The van der Waals surface area contributed by atoms with Crippen LogP contribution < -0.4 is 5.32 Å². The lowest BCUT2D eigenvalue weighted by molar-refractivity contribution is 0.425. The molecule has 1 nitrogen and oxygen atoms in total. The molecule has 4 heteroatoms. The lowest BCUT2D eigenvalue weighted by Gasteiger charge is -2.19. The second kappa shape index (κ2) is 6.43. The number of hydrogen-bond donors (Lipinski definition) is 1. The van der Waals surface area contributed by atoms with Gasteiger partial charge in [0.1, 0.15) is 5.82 Å². The molecule has 0 saturated carbocycles. The molecule has 1 rings (SSSR count). The van der Waals surface area contributed by atoms with E-state index in [1.54, 1.807) is 12.1 Å². The third-order valence-corrected chi connectivity index (χ3v) is 3.11. The molecule has 1 atom stereocenters. The van der Waals surface area contributed by atoms with Crippen LogP contribution in [0.1, 0.15) is 19.4 Å². The van der Waals surface area contributed by atoms with Crippen molar-refractivity contribution in [2.45, 2.75) is 26.4 Å². The number of halogens is 3. The molecule has 1 aromatic carbocycles. The largest absolute Gasteiger partial charge is 0.308 e. The summed E-state index contributed by atoms with van der Waals surface area (Å²) in [4.78, 5) is 0. The molecule has 0 fully saturated rings. The van der Waals surface area contributed by atoms with E-state index in [9.17, 15) is 4.39 Å². The first-order chi connectivity index (χ1) is 7.54. The second-order valence-corrected chi connectivity index (χ2v) is 4.87. The van der Waals surface area contributed by atoms with Crippen LogP contribution in [0.3, 0.4) is 0 Å². The molecule has 0 aliphatic rings. The van der Waals surface area contributed by atoms with Crippen LogP contribution in [0.15, 0.2) is 18.2 Å². The van der Waals surface area contributed by atoms with Crippen molar-refractivity contribution < 1.29 is 4.39 Å². The average Bonchev–Trinajstić information content (AvgIpc) is 2.21. The monoisotopic (exact) mass is 263 g/mol. The number of hydrogen-bond acceptors (Lipinski definition) is 1. The summed E-state index contributed by atoms with van der Waals surface area (Å²) in [6.45, 7) is 4.63. The van der Waals surface area contributed by atoms with E-state index >= 15 is 0 Å². The molecular weight excluding hydrogens is 248 g/mol. The summed E-state index contributed by atoms with van der Waals surface area (Å²) in [5.41, 5.74) is 0.611. The van der Waals surface area contributed by atoms with Crippen molar-refractivity contribution >= 4 is 23.2 Å². The van der Waals surface area contributed by atoms with Crippen LogP contribution in [0, 0.1) is 11.7 Å². The van der Waals surface area contributed by atoms with Crippen molar-refractivity contribution in [3.05, 3.63) is 34.6 Å². The minimum Gasteiger partial charge on any atom is -0.308 e. The second-order valence-electron chi connectivity index (χ2n) is 4.12. The molecule has 1 N–H and O–H groups in total. The lowest BCUT2D eigenvalue weighted by atomic mass is 10.1. The number of benzene rings is 1. The lowest BCUT2D eigenvalue weighted by Crippen LogP contribution is -2.35. The van der Waals surface area contributed by atoms with Gasteiger partial charge < -0.3 is 5.32 Å². The first-order valence-electron chi connectivity index (χ1n) is 5.28. The predicted octanol–water partition coefficient (Wildman–Crippen LogP) is 3.83. The highest BCUT2D eigenvalue weighted by molar-refractivity contribution is 6.30. The van der Waals surface area contributed by atoms with Gasteiger partial charge in [-0.25, -0.2) is 4.39 Å². The van der Waals surface area contributed by atoms with E-state index in [0.717, 1.165) is 0 Å². The fourth-order valence-corrected chi connectivity index (χ4v) is 2.00. The Morgan fingerprint density at radius 3 is 2.56 bits per heavy atom. The smallest absolute Gasteiger partial charge is 0.129 e. The molecule has 0 bridgehead atoms. The molecule has 0 aliphatic heterocycles. The third-order valence-electron chi connectivity index (χ3n) is 2.54. The van der Waals surface area contributed by atoms with Crippen molar-refractivity contribution in [3.63, 3.8) is 0 Å². The van der Waals surface area contributed by atoms with Gasteiger partial charge in [-0.1, -0.05) is 31.5 Å². The van der Waals surface area contributed by atoms with Gasteiger partial charge in [-0.2, -0.15) is 0 Å². The maximum Gasteiger partial charge on any atom is 0.129 e. The van der Waals surface area contributed by atoms with Gasteiger partial charge in [-0.3, -0.25) is 0 Å². The van der Waals surface area contributed by atoms with E-state index in [2.05, 4.69) is 19.2 Å². The van der Waals surface area contributed by atoms with Crippen LogP contribution in [0.2, 0.25) is 5.02 Å². The van der Waals surface area contributed by atoms with Gasteiger partial charge in [0.25, 0.3) is 0 Å². The first kappa shape index (κ1) is 13.8. The fraction of sp³-hybridized carbons (Fsp3) is 0.500. The Kier molecular flexibility index (Phi) is 5.53. The van der Waals surface area contributed by atoms with E-state index < -0.39 is 0 Å². The van der Waals surface area contributed by atoms with Crippen LogP contribution in [-0.2, 0) is 6.54 Å². The Bertz CT molecular complexity index is 342. The Labute approximate surface area is 106 Å². The van der Waals surface area contributed by atoms with Crippen molar-refractivity contribution in [3.8, 4) is 0 Å². The van der Waals surface area contributed by atoms with Crippen molar-refractivity contribution in [1.29, 1.82) is 0 Å². The predicted molar refractivity (Wildman–Crippen MR) is 67.6 cm³/mol. The number of alkyl halides is 1. The van der Waals surface area contributed by atoms with Gasteiger partial charge in [-0.15, -0.1) is 11.6 Å². The molecule has 16 heavy (non-hydrogen) atoms. The Hall–Kier alpha value is -0.310. The Morgan fingerprint density at radius 1 is 1.38 bits per heavy atom. The molecule has 0 aromatic heterocycles. The van der Waals surface area contributed by atoms with Gasteiger partial charge in [0, 0.05) is 29.1 Å². The zero-order valence-corrected chi connectivity index (χ0v) is 10.9. The summed E-state index contributed by atoms with van der Waals surface area (Å²) in [5.74, 6) is 0.664. The normalized spacial score (nSPS) is 13.1. The van der Waals surface area contributed by atoms with Crippen molar-refractivity contribution in [1.82, 2.24) is 5.32 Å². The van der Waals surface area contributed by atoms with Crippen LogP contribution in [0.5, 0.6) is 0 Å². The summed E-state index contributed by atoms with van der Waals surface area (Å²) >= 11 is 11.5. The number of nitrogens with one attached hydrogen (secondary N) is 1. The summed E-state index contributed by atoms with van der Waals surface area (Å²) in [5, 5.41) is 3.65. The molecular formula is C12H16Cl2FN. The minimum absolute atomic E-state index is 0.191. The maximum atomic E-state index is 13.4.